The molecule has 3 unspecified atom stereocenters. The number of hydrogen-bond acceptors (Lipinski definition) is 5. The summed E-state index contributed by atoms with van der Waals surface area (Å²) in [4.78, 5) is 6.01. The Morgan fingerprint density at radius 3 is 2.90 bits per heavy atom. The molecule has 162 valence electrons. The van der Waals surface area contributed by atoms with Gasteiger partial charge in [0.1, 0.15) is 12.4 Å². The molecule has 0 spiro atoms. The molecule has 2 aromatic rings. The van der Waals surface area contributed by atoms with E-state index in [1.54, 1.807) is 11.3 Å². The van der Waals surface area contributed by atoms with Crippen molar-refractivity contribution < 1.29 is 4.21 Å². The lowest BCUT2D eigenvalue weighted by molar-refractivity contribution is 0.413. The largest absolute Gasteiger partial charge is 0.354 e. The molecule has 1 saturated carbocycles. The number of aliphatic imine (C=N–C) groups is 1. The van der Waals surface area contributed by atoms with Crippen molar-refractivity contribution >= 4 is 52.1 Å². The van der Waals surface area contributed by atoms with Crippen LogP contribution in [0.2, 0.25) is 0 Å². The van der Waals surface area contributed by atoms with Crippen molar-refractivity contribution in [3.8, 4) is 0 Å². The van der Waals surface area contributed by atoms with Crippen LogP contribution in [0.3, 0.4) is 0 Å². The Morgan fingerprint density at radius 1 is 1.41 bits per heavy atom. The van der Waals surface area contributed by atoms with Gasteiger partial charge in [0, 0.05) is 39.8 Å². The van der Waals surface area contributed by atoms with Crippen molar-refractivity contribution in [1.82, 2.24) is 25.4 Å². The SMILES string of the molecule is CCS(=O)C1CCCC(NC(=NCc2nnc(C)n2C)NCc2cccs2)C1.I. The van der Waals surface area contributed by atoms with Crippen LogP contribution in [0.5, 0.6) is 0 Å². The van der Waals surface area contributed by atoms with E-state index in [2.05, 4.69) is 38.3 Å². The van der Waals surface area contributed by atoms with Crippen molar-refractivity contribution in [3.05, 3.63) is 34.0 Å². The van der Waals surface area contributed by atoms with Gasteiger partial charge in [0.25, 0.3) is 0 Å². The maximum absolute atomic E-state index is 12.3. The number of nitrogens with zero attached hydrogens (tertiary/aromatic N) is 4. The highest BCUT2D eigenvalue weighted by Crippen LogP contribution is 2.23. The first-order chi connectivity index (χ1) is 13.6. The Bertz CT molecular complexity index is 808. The number of guanidine groups is 1. The number of halogens is 1. The molecule has 2 N–H and O–H groups in total. The standard InChI is InChI=1S/C19H30N6OS2.HI/c1-4-28(26)17-9-5-7-15(11-17)22-19(20-12-16-8-6-10-27-16)21-13-18-24-23-14(2)25(18)3;/h6,8,10,15,17H,4-5,7,9,11-13H2,1-3H3,(H2,20,21,22);1H. The third-order valence-electron chi connectivity index (χ3n) is 5.19. The Morgan fingerprint density at radius 2 is 2.24 bits per heavy atom. The van der Waals surface area contributed by atoms with Gasteiger partial charge in [-0.15, -0.1) is 45.5 Å². The third kappa shape index (κ3) is 7.02. The van der Waals surface area contributed by atoms with Crippen molar-refractivity contribution in [2.45, 2.75) is 63.9 Å². The van der Waals surface area contributed by atoms with Gasteiger partial charge in [-0.05, 0) is 37.6 Å². The summed E-state index contributed by atoms with van der Waals surface area (Å²) in [6.07, 6.45) is 4.18. The molecule has 0 bridgehead atoms. The zero-order valence-corrected chi connectivity index (χ0v) is 21.2. The molecule has 2 heterocycles. The van der Waals surface area contributed by atoms with E-state index in [9.17, 15) is 4.21 Å². The molecule has 1 fully saturated rings. The molecule has 3 rings (SSSR count). The molecular weight excluding hydrogens is 519 g/mol. The van der Waals surface area contributed by atoms with E-state index in [4.69, 9.17) is 4.99 Å². The molecule has 3 atom stereocenters. The molecule has 1 aliphatic rings. The fourth-order valence-corrected chi connectivity index (χ4v) is 5.41. The van der Waals surface area contributed by atoms with Crippen molar-refractivity contribution in [2.75, 3.05) is 5.75 Å². The zero-order valence-electron chi connectivity index (χ0n) is 17.3. The first kappa shape index (κ1) is 24.3. The number of thiophene rings is 1. The van der Waals surface area contributed by atoms with E-state index < -0.39 is 10.8 Å². The Hall–Kier alpha value is -1.01. The summed E-state index contributed by atoms with van der Waals surface area (Å²) < 4.78 is 14.2. The Labute approximate surface area is 196 Å². The van der Waals surface area contributed by atoms with Gasteiger partial charge < -0.3 is 15.2 Å². The monoisotopic (exact) mass is 550 g/mol. The summed E-state index contributed by atoms with van der Waals surface area (Å²) in [7, 11) is 1.23. The van der Waals surface area contributed by atoms with E-state index in [-0.39, 0.29) is 29.2 Å². The number of hydrogen-bond donors (Lipinski definition) is 2. The van der Waals surface area contributed by atoms with Crippen LogP contribution < -0.4 is 10.6 Å². The second-order valence-electron chi connectivity index (χ2n) is 7.12. The van der Waals surface area contributed by atoms with Gasteiger partial charge in [-0.2, -0.15) is 0 Å². The minimum Gasteiger partial charge on any atom is -0.354 e. The maximum atomic E-state index is 12.3. The van der Waals surface area contributed by atoms with Crippen molar-refractivity contribution in [1.29, 1.82) is 0 Å². The number of aromatic nitrogens is 3. The summed E-state index contributed by atoms with van der Waals surface area (Å²) in [5, 5.41) is 17.7. The molecule has 7 nitrogen and oxygen atoms in total. The summed E-state index contributed by atoms with van der Waals surface area (Å²) in [6, 6.07) is 4.47. The number of rotatable bonds is 7. The van der Waals surface area contributed by atoms with E-state index in [0.29, 0.717) is 12.6 Å². The van der Waals surface area contributed by atoms with Crippen molar-refractivity contribution in [2.24, 2.45) is 12.0 Å². The summed E-state index contributed by atoms with van der Waals surface area (Å²) >= 11 is 1.73. The first-order valence-electron chi connectivity index (χ1n) is 9.86. The van der Waals surface area contributed by atoms with Crippen LogP contribution >= 0.6 is 35.3 Å². The molecule has 0 saturated heterocycles. The molecule has 29 heavy (non-hydrogen) atoms. The smallest absolute Gasteiger partial charge is 0.192 e. The number of nitrogens with one attached hydrogen (secondary N) is 2. The van der Waals surface area contributed by atoms with E-state index in [1.807, 2.05) is 25.5 Å². The molecule has 1 aliphatic carbocycles. The van der Waals surface area contributed by atoms with E-state index in [0.717, 1.165) is 55.6 Å². The van der Waals surface area contributed by atoms with Gasteiger partial charge in [0.2, 0.25) is 0 Å². The highest BCUT2D eigenvalue weighted by Gasteiger charge is 2.26. The average molecular weight is 551 g/mol. The van der Waals surface area contributed by atoms with Crippen LogP contribution in [0.1, 0.15) is 49.1 Å². The lowest BCUT2D eigenvalue weighted by atomic mass is 9.95. The fourth-order valence-electron chi connectivity index (χ4n) is 3.42. The highest BCUT2D eigenvalue weighted by molar-refractivity contribution is 14.0. The van der Waals surface area contributed by atoms with E-state index >= 15 is 0 Å². The quantitative estimate of drug-likeness (QED) is 0.315. The second kappa shape index (κ2) is 12.0. The van der Waals surface area contributed by atoms with Crippen LogP contribution in [0, 0.1) is 6.92 Å². The topological polar surface area (TPSA) is 84.2 Å². The van der Waals surface area contributed by atoms with Crippen LogP contribution in [0.15, 0.2) is 22.5 Å². The molecule has 0 radical (unpaired) electrons. The van der Waals surface area contributed by atoms with Crippen LogP contribution in [-0.4, -0.2) is 42.0 Å². The maximum Gasteiger partial charge on any atom is 0.192 e. The molecule has 0 amide bonds. The molecule has 0 aliphatic heterocycles. The minimum atomic E-state index is -0.731. The normalized spacial score (nSPS) is 20.7. The van der Waals surface area contributed by atoms with Gasteiger partial charge in [-0.1, -0.05) is 19.4 Å². The average Bonchev–Trinajstić information content (AvgIpc) is 3.34. The number of aryl methyl sites for hydroxylation is 1. The Balaban J connectivity index is 0.00000300. The van der Waals surface area contributed by atoms with Gasteiger partial charge in [-0.25, -0.2) is 4.99 Å². The first-order valence-corrected chi connectivity index (χ1v) is 12.1. The predicted octanol–water partition coefficient (Wildman–Crippen LogP) is 3.12. The second-order valence-corrected chi connectivity index (χ2v) is 10.2. The molecule has 10 heteroatoms. The van der Waals surface area contributed by atoms with Crippen LogP contribution in [-0.2, 0) is 30.9 Å². The molecule has 2 aromatic heterocycles. The fraction of sp³-hybridized carbons (Fsp3) is 0.632. The minimum absolute atomic E-state index is 0. The van der Waals surface area contributed by atoms with Crippen LogP contribution in [0.4, 0.5) is 0 Å². The van der Waals surface area contributed by atoms with Gasteiger partial charge >= 0.3 is 0 Å². The van der Waals surface area contributed by atoms with Crippen molar-refractivity contribution in [3.63, 3.8) is 0 Å². The lowest BCUT2D eigenvalue weighted by Crippen LogP contribution is -2.46. The summed E-state index contributed by atoms with van der Waals surface area (Å²) in [5.41, 5.74) is 0. The lowest BCUT2D eigenvalue weighted by Gasteiger charge is -2.30. The predicted molar refractivity (Wildman–Crippen MR) is 131 cm³/mol. The summed E-state index contributed by atoms with van der Waals surface area (Å²) in [6.45, 7) is 5.14. The van der Waals surface area contributed by atoms with E-state index in [1.165, 1.54) is 4.88 Å². The third-order valence-corrected chi connectivity index (χ3v) is 7.81. The van der Waals surface area contributed by atoms with Crippen LogP contribution in [0.25, 0.3) is 0 Å². The van der Waals surface area contributed by atoms with Gasteiger partial charge in [0.05, 0.1) is 6.54 Å². The Kier molecular flexibility index (Phi) is 10.0. The molecule has 0 aromatic carbocycles. The summed E-state index contributed by atoms with van der Waals surface area (Å²) in [5.74, 6) is 3.23. The molecular formula is C19H31IN6OS2. The highest BCUT2D eigenvalue weighted by atomic mass is 127. The zero-order chi connectivity index (χ0) is 19.9. The van der Waals surface area contributed by atoms with Gasteiger partial charge in [0.15, 0.2) is 11.8 Å². The van der Waals surface area contributed by atoms with Gasteiger partial charge in [-0.3, -0.25) is 4.21 Å².